The average molecular weight is 645 g/mol. The fourth-order valence-electron chi connectivity index (χ4n) is 4.95. The fourth-order valence-corrected chi connectivity index (χ4v) is 7.49. The van der Waals surface area contributed by atoms with Crippen molar-refractivity contribution < 1.29 is 31.1 Å². The molecule has 3 heterocycles. The van der Waals surface area contributed by atoms with Gasteiger partial charge in [0, 0.05) is 26.2 Å². The third-order valence-corrected chi connectivity index (χ3v) is 10.1. The summed E-state index contributed by atoms with van der Waals surface area (Å²) in [5.74, 6) is -1.16. The van der Waals surface area contributed by atoms with Crippen molar-refractivity contribution in [1.29, 1.82) is 0 Å². The molecule has 2 aromatic heterocycles. The van der Waals surface area contributed by atoms with Crippen molar-refractivity contribution in [3.8, 4) is 5.75 Å². The summed E-state index contributed by atoms with van der Waals surface area (Å²) in [7, 11) is -4.34. The number of amides is 1. The van der Waals surface area contributed by atoms with Crippen LogP contribution in [0.25, 0.3) is 21.0 Å². The molecule has 0 radical (unpaired) electrons. The average Bonchev–Trinajstić information content (AvgIpc) is 3.45. The molecule has 1 fully saturated rings. The smallest absolute Gasteiger partial charge is 0.406 e. The Morgan fingerprint density at radius 1 is 1.07 bits per heavy atom. The van der Waals surface area contributed by atoms with E-state index in [0.717, 1.165) is 56.2 Å². The van der Waals surface area contributed by atoms with Gasteiger partial charge < -0.3 is 15.0 Å². The van der Waals surface area contributed by atoms with Gasteiger partial charge in [-0.25, -0.2) is 18.5 Å². The Hall–Kier alpha value is -4.54. The molecule has 0 bridgehead atoms. The molecule has 0 saturated carbocycles. The first kappa shape index (κ1) is 29.5. The van der Waals surface area contributed by atoms with Gasteiger partial charge in [0.15, 0.2) is 5.13 Å². The third-order valence-electron chi connectivity index (χ3n) is 7.05. The molecule has 2 N–H and O–H groups in total. The Kier molecular flexibility index (Phi) is 7.73. The fraction of sp³-hybridized carbons (Fsp3) is 0.214. The number of ether oxygens (including phenoxy) is 1. The molecule has 5 aromatic rings. The van der Waals surface area contributed by atoms with Crippen LogP contribution in [0.15, 0.2) is 82.6 Å². The summed E-state index contributed by atoms with van der Waals surface area (Å²) >= 11 is 1.09. The highest BCUT2D eigenvalue weighted by Gasteiger charge is 2.41. The van der Waals surface area contributed by atoms with Gasteiger partial charge in [0.1, 0.15) is 22.0 Å². The number of halogens is 3. The lowest BCUT2D eigenvalue weighted by Gasteiger charge is -2.39. The first-order chi connectivity index (χ1) is 21.0. The summed E-state index contributed by atoms with van der Waals surface area (Å²) in [6.07, 6.45) is -3.54. The van der Waals surface area contributed by atoms with Crippen molar-refractivity contribution in [2.45, 2.75) is 23.8 Å². The van der Waals surface area contributed by atoms with Crippen LogP contribution in [0, 0.1) is 0 Å². The van der Waals surface area contributed by atoms with Crippen molar-refractivity contribution in [1.82, 2.24) is 24.8 Å². The highest BCUT2D eigenvalue weighted by atomic mass is 32.2. The van der Waals surface area contributed by atoms with Gasteiger partial charge in [-0.3, -0.25) is 9.59 Å². The summed E-state index contributed by atoms with van der Waals surface area (Å²) < 4.78 is 70.6. The van der Waals surface area contributed by atoms with Gasteiger partial charge in [0.05, 0.1) is 11.1 Å². The number of carbonyl (C=O) groups excluding carboxylic acids is 1. The minimum atomic E-state index is -4.94. The van der Waals surface area contributed by atoms with E-state index in [1.807, 2.05) is 42.5 Å². The number of thiazole rings is 1. The Bertz CT molecular complexity index is 2010. The molecular formula is C28H23F3N6O5S2. The van der Waals surface area contributed by atoms with E-state index in [0.29, 0.717) is 15.3 Å². The zero-order valence-corrected chi connectivity index (χ0v) is 24.2. The molecule has 1 amide bonds. The molecule has 0 spiro atoms. The standard InChI is InChI=1S/C28H23F3N6O5S2/c29-28(30,31)42-20-7-9-21(10-8-20)44(40,41)37-12-11-36(27-34-22-15-33-35-26(39)24(22)43-27)16-23(37)25(38)32-14-17-5-6-18-3-1-2-4-19(18)13-17/h1-10,13,15,23H,11-12,14,16H2,(H,32,38)(H,35,39)/t23-/m1/s1. The van der Waals surface area contributed by atoms with E-state index >= 15 is 0 Å². The molecule has 1 saturated heterocycles. The van der Waals surface area contributed by atoms with Crippen molar-refractivity contribution in [3.05, 3.63) is 88.8 Å². The van der Waals surface area contributed by atoms with Gasteiger partial charge in [-0.05, 0) is 46.7 Å². The maximum Gasteiger partial charge on any atom is 0.573 e. The molecule has 1 atom stereocenters. The predicted molar refractivity (Wildman–Crippen MR) is 157 cm³/mol. The Morgan fingerprint density at radius 3 is 2.55 bits per heavy atom. The van der Waals surface area contributed by atoms with Crippen LogP contribution in [0.4, 0.5) is 18.3 Å². The van der Waals surface area contributed by atoms with Crippen LogP contribution in [0.5, 0.6) is 5.75 Å². The largest absolute Gasteiger partial charge is 0.573 e. The van der Waals surface area contributed by atoms with Gasteiger partial charge >= 0.3 is 6.36 Å². The van der Waals surface area contributed by atoms with Crippen molar-refractivity contribution in [3.63, 3.8) is 0 Å². The zero-order chi connectivity index (χ0) is 31.1. The van der Waals surface area contributed by atoms with Gasteiger partial charge in [0.25, 0.3) is 5.56 Å². The van der Waals surface area contributed by atoms with E-state index in [-0.39, 0.29) is 31.1 Å². The van der Waals surface area contributed by atoms with E-state index in [2.05, 4.69) is 25.2 Å². The van der Waals surface area contributed by atoms with E-state index in [9.17, 15) is 31.2 Å². The number of hydrogen-bond acceptors (Lipinski definition) is 9. The van der Waals surface area contributed by atoms with Crippen LogP contribution >= 0.6 is 11.3 Å². The molecule has 1 aliphatic heterocycles. The Balaban J connectivity index is 1.28. The van der Waals surface area contributed by atoms with E-state index in [4.69, 9.17) is 0 Å². The summed E-state index contributed by atoms with van der Waals surface area (Å²) in [6.45, 7) is 0.0265. The Morgan fingerprint density at radius 2 is 1.82 bits per heavy atom. The zero-order valence-electron chi connectivity index (χ0n) is 22.6. The first-order valence-corrected chi connectivity index (χ1v) is 15.5. The normalized spacial score (nSPS) is 16.3. The maximum absolute atomic E-state index is 13.7. The second-order valence-corrected chi connectivity index (χ2v) is 12.8. The highest BCUT2D eigenvalue weighted by Crippen LogP contribution is 2.31. The van der Waals surface area contributed by atoms with E-state index < -0.39 is 39.6 Å². The van der Waals surface area contributed by atoms with Crippen LogP contribution in [0.2, 0.25) is 0 Å². The van der Waals surface area contributed by atoms with Crippen LogP contribution < -0.4 is 20.5 Å². The third kappa shape index (κ3) is 6.09. The summed E-state index contributed by atoms with van der Waals surface area (Å²) in [4.78, 5) is 31.7. The number of aromatic amines is 1. The quantitative estimate of drug-likeness (QED) is 0.274. The number of carbonyl (C=O) groups is 1. The number of hydrogen-bond donors (Lipinski definition) is 2. The number of piperazine rings is 1. The monoisotopic (exact) mass is 644 g/mol. The number of sulfonamides is 1. The van der Waals surface area contributed by atoms with Gasteiger partial charge in [-0.1, -0.05) is 47.7 Å². The molecule has 44 heavy (non-hydrogen) atoms. The summed E-state index contributed by atoms with van der Waals surface area (Å²) in [5.41, 5.74) is 0.745. The summed E-state index contributed by atoms with van der Waals surface area (Å²) in [5, 5.41) is 11.3. The first-order valence-electron chi connectivity index (χ1n) is 13.2. The number of rotatable bonds is 7. The number of fused-ring (bicyclic) bond motifs is 2. The Labute approximate surface area is 251 Å². The lowest BCUT2D eigenvalue weighted by atomic mass is 10.1. The highest BCUT2D eigenvalue weighted by molar-refractivity contribution is 7.89. The number of anilines is 1. The molecule has 6 rings (SSSR count). The van der Waals surface area contributed by atoms with Crippen molar-refractivity contribution in [2.24, 2.45) is 0 Å². The number of alkyl halides is 3. The molecule has 3 aromatic carbocycles. The SMILES string of the molecule is O=C(NCc1ccc2ccccc2c1)[C@H]1CN(c2nc3cn[nH]c(=O)c3s2)CCN1S(=O)(=O)c1ccc(OC(F)(F)F)cc1. The molecule has 16 heteroatoms. The van der Waals surface area contributed by atoms with Crippen molar-refractivity contribution in [2.75, 3.05) is 24.5 Å². The second kappa shape index (κ2) is 11.5. The van der Waals surface area contributed by atoms with E-state index in [1.165, 1.54) is 6.20 Å². The predicted octanol–water partition coefficient (Wildman–Crippen LogP) is 3.63. The van der Waals surface area contributed by atoms with Gasteiger partial charge in [0.2, 0.25) is 15.9 Å². The molecule has 0 unspecified atom stereocenters. The lowest BCUT2D eigenvalue weighted by molar-refractivity contribution is -0.274. The molecule has 228 valence electrons. The number of nitrogens with one attached hydrogen (secondary N) is 2. The lowest BCUT2D eigenvalue weighted by Crippen LogP contribution is -2.60. The summed E-state index contributed by atoms with van der Waals surface area (Å²) in [6, 6.07) is 16.0. The number of benzene rings is 3. The van der Waals surface area contributed by atoms with Crippen LogP contribution in [-0.4, -0.2) is 65.9 Å². The topological polar surface area (TPSA) is 138 Å². The van der Waals surface area contributed by atoms with E-state index in [1.54, 1.807) is 4.90 Å². The molecular weight excluding hydrogens is 621 g/mol. The minimum Gasteiger partial charge on any atom is -0.406 e. The number of H-pyrrole nitrogens is 1. The number of nitrogens with zero attached hydrogens (tertiary/aromatic N) is 4. The molecule has 1 aliphatic rings. The second-order valence-electron chi connectivity index (χ2n) is 9.91. The van der Waals surface area contributed by atoms with Gasteiger partial charge in [-0.15, -0.1) is 13.2 Å². The minimum absolute atomic E-state index is 0.0940. The van der Waals surface area contributed by atoms with Crippen LogP contribution in [0.1, 0.15) is 5.56 Å². The van der Waals surface area contributed by atoms with Crippen molar-refractivity contribution >= 4 is 53.4 Å². The number of aromatic nitrogens is 3. The van der Waals surface area contributed by atoms with Crippen LogP contribution in [0.3, 0.4) is 0 Å². The van der Waals surface area contributed by atoms with Crippen LogP contribution in [-0.2, 0) is 21.4 Å². The maximum atomic E-state index is 13.7. The molecule has 0 aliphatic carbocycles. The van der Waals surface area contributed by atoms with Gasteiger partial charge in [-0.2, -0.15) is 9.40 Å². The molecule has 11 nitrogen and oxygen atoms in total.